The van der Waals surface area contributed by atoms with Crippen LogP contribution in [0.2, 0.25) is 0 Å². The van der Waals surface area contributed by atoms with Crippen LogP contribution in [0.15, 0.2) is 33.6 Å². The predicted molar refractivity (Wildman–Crippen MR) is 81.6 cm³/mol. The van der Waals surface area contributed by atoms with Gasteiger partial charge in [-0.05, 0) is 43.6 Å². The number of thioether (sulfide) groups is 1. The summed E-state index contributed by atoms with van der Waals surface area (Å²) in [5, 5.41) is 0. The molecule has 102 valence electrons. The van der Waals surface area contributed by atoms with Crippen LogP contribution in [0.3, 0.4) is 0 Å². The fourth-order valence-electron chi connectivity index (χ4n) is 1.50. The molecule has 0 fully saturated rings. The Hall–Kier alpha value is -0.0400. The Kier molecular flexibility index (Phi) is 6.17. The van der Waals surface area contributed by atoms with Gasteiger partial charge in [-0.3, -0.25) is 0 Å². The molecule has 0 aromatic heterocycles. The second kappa shape index (κ2) is 6.93. The molecule has 0 bridgehead atoms. The maximum absolute atomic E-state index is 12.4. The summed E-state index contributed by atoms with van der Waals surface area (Å²) in [5.74, 6) is 0.958. The van der Waals surface area contributed by atoms with Crippen molar-refractivity contribution in [1.29, 1.82) is 0 Å². The summed E-state index contributed by atoms with van der Waals surface area (Å²) in [6.07, 6.45) is 2.88. The van der Waals surface area contributed by atoms with Gasteiger partial charge >= 0.3 is 0 Å². The fraction of sp³-hybridized carbons (Fsp3) is 0.500. The molecule has 0 N–H and O–H groups in total. The molecule has 1 atom stereocenters. The van der Waals surface area contributed by atoms with E-state index in [0.717, 1.165) is 16.6 Å². The van der Waals surface area contributed by atoms with Crippen LogP contribution in [0.4, 0.5) is 0 Å². The van der Waals surface area contributed by atoms with Crippen LogP contribution >= 0.6 is 27.7 Å². The molecule has 0 radical (unpaired) electrons. The molecule has 0 heterocycles. The largest absolute Gasteiger partial charge is 0.243 e. The van der Waals surface area contributed by atoms with Crippen LogP contribution in [-0.4, -0.2) is 37.8 Å². The molecule has 0 saturated carbocycles. The van der Waals surface area contributed by atoms with Crippen molar-refractivity contribution in [2.75, 3.05) is 19.1 Å². The van der Waals surface area contributed by atoms with Gasteiger partial charge in [0.2, 0.25) is 10.0 Å². The van der Waals surface area contributed by atoms with E-state index >= 15 is 0 Å². The SMILES string of the molecule is CSCCC(C)N(C)S(=O)(=O)c1cccc(Br)c1. The quantitative estimate of drug-likeness (QED) is 0.789. The van der Waals surface area contributed by atoms with E-state index in [1.54, 1.807) is 37.0 Å². The normalized spacial score (nSPS) is 13.8. The zero-order valence-corrected chi connectivity index (χ0v) is 14.0. The first kappa shape index (κ1) is 16.0. The molecule has 0 aliphatic rings. The minimum Gasteiger partial charge on any atom is -0.207 e. The number of benzene rings is 1. The lowest BCUT2D eigenvalue weighted by Gasteiger charge is -2.24. The van der Waals surface area contributed by atoms with E-state index in [4.69, 9.17) is 0 Å². The molecule has 6 heteroatoms. The molecule has 1 rings (SSSR count). The van der Waals surface area contributed by atoms with Crippen LogP contribution < -0.4 is 0 Å². The number of rotatable bonds is 6. The van der Waals surface area contributed by atoms with Crippen molar-refractivity contribution in [2.45, 2.75) is 24.3 Å². The maximum Gasteiger partial charge on any atom is 0.243 e. The lowest BCUT2D eigenvalue weighted by atomic mass is 10.3. The highest BCUT2D eigenvalue weighted by Gasteiger charge is 2.24. The number of hydrogen-bond donors (Lipinski definition) is 0. The average Bonchev–Trinajstić information content (AvgIpc) is 2.34. The fourth-order valence-corrected chi connectivity index (χ4v) is 4.07. The topological polar surface area (TPSA) is 37.4 Å². The summed E-state index contributed by atoms with van der Waals surface area (Å²) in [4.78, 5) is 0.329. The number of sulfonamides is 1. The molecular formula is C12H18BrNO2S2. The van der Waals surface area contributed by atoms with E-state index in [1.807, 2.05) is 19.2 Å². The summed E-state index contributed by atoms with van der Waals surface area (Å²) in [5.41, 5.74) is 0. The molecule has 0 aliphatic carbocycles. The molecule has 1 aromatic rings. The van der Waals surface area contributed by atoms with Gasteiger partial charge in [-0.1, -0.05) is 22.0 Å². The van der Waals surface area contributed by atoms with Crippen molar-refractivity contribution in [2.24, 2.45) is 0 Å². The van der Waals surface area contributed by atoms with Crippen molar-refractivity contribution in [3.8, 4) is 0 Å². The Labute approximate surface area is 122 Å². The van der Waals surface area contributed by atoms with Gasteiger partial charge in [-0.15, -0.1) is 0 Å². The summed E-state index contributed by atoms with van der Waals surface area (Å²) >= 11 is 5.02. The number of halogens is 1. The lowest BCUT2D eigenvalue weighted by Crippen LogP contribution is -2.35. The van der Waals surface area contributed by atoms with Gasteiger partial charge in [0.15, 0.2) is 0 Å². The zero-order valence-electron chi connectivity index (χ0n) is 10.8. The van der Waals surface area contributed by atoms with Gasteiger partial charge in [0.1, 0.15) is 0 Å². The number of hydrogen-bond acceptors (Lipinski definition) is 3. The highest BCUT2D eigenvalue weighted by atomic mass is 79.9. The highest BCUT2D eigenvalue weighted by Crippen LogP contribution is 2.21. The smallest absolute Gasteiger partial charge is 0.207 e. The Morgan fingerprint density at radius 3 is 2.67 bits per heavy atom. The molecule has 18 heavy (non-hydrogen) atoms. The molecule has 0 amide bonds. The third-order valence-corrected chi connectivity index (χ3v) is 5.94. The lowest BCUT2D eigenvalue weighted by molar-refractivity contribution is 0.382. The van der Waals surface area contributed by atoms with Crippen LogP contribution in [0, 0.1) is 0 Å². The molecule has 0 aliphatic heterocycles. The van der Waals surface area contributed by atoms with Crippen molar-refractivity contribution < 1.29 is 8.42 Å². The van der Waals surface area contributed by atoms with Gasteiger partial charge in [0, 0.05) is 17.6 Å². The highest BCUT2D eigenvalue weighted by molar-refractivity contribution is 9.10. The molecule has 0 spiro atoms. The summed E-state index contributed by atoms with van der Waals surface area (Å²) < 4.78 is 27.0. The Balaban J connectivity index is 2.92. The molecule has 0 saturated heterocycles. The van der Waals surface area contributed by atoms with Gasteiger partial charge in [0.25, 0.3) is 0 Å². The molecule has 1 aromatic carbocycles. The summed E-state index contributed by atoms with van der Waals surface area (Å²) in [6.45, 7) is 1.94. The van der Waals surface area contributed by atoms with E-state index in [0.29, 0.717) is 4.90 Å². The van der Waals surface area contributed by atoms with Crippen LogP contribution in [0.5, 0.6) is 0 Å². The minimum atomic E-state index is -3.40. The van der Waals surface area contributed by atoms with Crippen LogP contribution in [0.1, 0.15) is 13.3 Å². The van der Waals surface area contributed by atoms with Crippen molar-refractivity contribution in [3.05, 3.63) is 28.7 Å². The summed E-state index contributed by atoms with van der Waals surface area (Å²) in [6, 6.07) is 6.81. The van der Waals surface area contributed by atoms with Gasteiger partial charge in [0.05, 0.1) is 4.90 Å². The monoisotopic (exact) mass is 351 g/mol. The second-order valence-corrected chi connectivity index (χ2v) is 8.01. The van der Waals surface area contributed by atoms with Crippen molar-refractivity contribution in [1.82, 2.24) is 4.31 Å². The van der Waals surface area contributed by atoms with Crippen LogP contribution in [0.25, 0.3) is 0 Å². The first-order valence-electron chi connectivity index (χ1n) is 5.62. The third kappa shape index (κ3) is 3.98. The van der Waals surface area contributed by atoms with Gasteiger partial charge < -0.3 is 0 Å². The van der Waals surface area contributed by atoms with Gasteiger partial charge in [-0.2, -0.15) is 16.1 Å². The van der Waals surface area contributed by atoms with Gasteiger partial charge in [-0.25, -0.2) is 8.42 Å². The molecule has 3 nitrogen and oxygen atoms in total. The first-order chi connectivity index (χ1) is 8.39. The van der Waals surface area contributed by atoms with Crippen molar-refractivity contribution >= 4 is 37.7 Å². The molecular weight excluding hydrogens is 334 g/mol. The standard InChI is InChI=1S/C12H18BrNO2S2/c1-10(7-8-17-3)14(2)18(15,16)12-6-4-5-11(13)9-12/h4-6,9-10H,7-8H2,1-3H3. The molecule has 1 unspecified atom stereocenters. The zero-order chi connectivity index (χ0) is 13.8. The Morgan fingerprint density at radius 2 is 2.11 bits per heavy atom. The van der Waals surface area contributed by atoms with E-state index < -0.39 is 10.0 Å². The predicted octanol–water partition coefficient (Wildman–Crippen LogP) is 3.21. The average molecular weight is 352 g/mol. The minimum absolute atomic E-state index is 0.00133. The van der Waals surface area contributed by atoms with Crippen molar-refractivity contribution in [3.63, 3.8) is 0 Å². The first-order valence-corrected chi connectivity index (χ1v) is 9.25. The van der Waals surface area contributed by atoms with E-state index in [1.165, 1.54) is 4.31 Å². The van der Waals surface area contributed by atoms with E-state index in [9.17, 15) is 8.42 Å². The van der Waals surface area contributed by atoms with E-state index in [-0.39, 0.29) is 6.04 Å². The maximum atomic E-state index is 12.4. The van der Waals surface area contributed by atoms with Crippen LogP contribution in [-0.2, 0) is 10.0 Å². The summed E-state index contributed by atoms with van der Waals surface area (Å²) in [7, 11) is -1.76. The second-order valence-electron chi connectivity index (χ2n) is 4.11. The Bertz CT molecular complexity index is 491. The Morgan fingerprint density at radius 1 is 1.44 bits per heavy atom. The third-order valence-electron chi connectivity index (χ3n) is 2.83. The number of nitrogens with zero attached hydrogens (tertiary/aromatic N) is 1. The van der Waals surface area contributed by atoms with E-state index in [2.05, 4.69) is 15.9 Å².